The van der Waals surface area contributed by atoms with Gasteiger partial charge in [0.25, 0.3) is 0 Å². The summed E-state index contributed by atoms with van der Waals surface area (Å²) in [7, 11) is 1.98. The summed E-state index contributed by atoms with van der Waals surface area (Å²) >= 11 is 0. The molecule has 0 heterocycles. The number of nitrogens with one attached hydrogen (secondary N) is 1. The smallest absolute Gasteiger partial charge is 0.123 e. The van der Waals surface area contributed by atoms with Crippen LogP contribution in [0.15, 0.2) is 24.3 Å². The van der Waals surface area contributed by atoms with E-state index < -0.39 is 0 Å². The molecule has 1 aromatic rings. The first-order valence-electron chi connectivity index (χ1n) is 8.29. The number of rotatable bonds is 10. The van der Waals surface area contributed by atoms with Gasteiger partial charge < -0.3 is 10.2 Å². The fraction of sp³-hybridized carbons (Fsp3) is 0.667. The first-order chi connectivity index (χ1) is 10.1. The highest BCUT2D eigenvalue weighted by Gasteiger charge is 2.15. The molecule has 0 aliphatic carbocycles. The molecule has 2 atom stereocenters. The first kappa shape index (κ1) is 18.1. The SMILES string of the molecule is CCCCN(CCC(NC)c1ccc(F)cc1)C(C)CC. The highest BCUT2D eigenvalue weighted by molar-refractivity contribution is 5.19. The van der Waals surface area contributed by atoms with Gasteiger partial charge in [-0.1, -0.05) is 32.4 Å². The molecule has 1 aromatic carbocycles. The van der Waals surface area contributed by atoms with Crippen LogP contribution in [0.1, 0.15) is 58.1 Å². The summed E-state index contributed by atoms with van der Waals surface area (Å²) in [6.07, 6.45) is 4.73. The average molecular weight is 294 g/mol. The van der Waals surface area contributed by atoms with E-state index in [0.29, 0.717) is 12.1 Å². The molecule has 1 N–H and O–H groups in total. The van der Waals surface area contributed by atoms with Crippen LogP contribution in [-0.4, -0.2) is 31.1 Å². The second kappa shape index (κ2) is 9.91. The van der Waals surface area contributed by atoms with Gasteiger partial charge in [0.2, 0.25) is 0 Å². The maximum absolute atomic E-state index is 13.0. The standard InChI is InChI=1S/C18H31FN2/c1-5-7-13-21(15(3)6-2)14-12-18(20-4)16-8-10-17(19)11-9-16/h8-11,15,18,20H,5-7,12-14H2,1-4H3. The van der Waals surface area contributed by atoms with E-state index in [1.807, 2.05) is 19.2 Å². The molecule has 3 heteroatoms. The Balaban J connectivity index is 2.60. The first-order valence-corrected chi connectivity index (χ1v) is 8.29. The van der Waals surface area contributed by atoms with Gasteiger partial charge in [-0.3, -0.25) is 0 Å². The maximum Gasteiger partial charge on any atom is 0.123 e. The Labute approximate surface area is 129 Å². The van der Waals surface area contributed by atoms with Gasteiger partial charge in [0.05, 0.1) is 0 Å². The summed E-state index contributed by atoms with van der Waals surface area (Å²) in [5, 5.41) is 3.36. The Hall–Kier alpha value is -0.930. The molecule has 0 saturated heterocycles. The van der Waals surface area contributed by atoms with Crippen LogP contribution in [0.25, 0.3) is 0 Å². The van der Waals surface area contributed by atoms with E-state index in [1.54, 1.807) is 12.1 Å². The highest BCUT2D eigenvalue weighted by Crippen LogP contribution is 2.18. The summed E-state index contributed by atoms with van der Waals surface area (Å²) in [5.41, 5.74) is 1.17. The zero-order valence-corrected chi connectivity index (χ0v) is 14.0. The number of hydrogen-bond donors (Lipinski definition) is 1. The van der Waals surface area contributed by atoms with Crippen molar-refractivity contribution in [2.45, 2.75) is 58.5 Å². The molecule has 0 aliphatic rings. The van der Waals surface area contributed by atoms with Crippen LogP contribution in [0.3, 0.4) is 0 Å². The third-order valence-electron chi connectivity index (χ3n) is 4.34. The minimum absolute atomic E-state index is 0.169. The van der Waals surface area contributed by atoms with E-state index in [0.717, 1.165) is 13.0 Å². The van der Waals surface area contributed by atoms with Gasteiger partial charge in [-0.05, 0) is 57.5 Å². The summed E-state index contributed by atoms with van der Waals surface area (Å²) in [5.74, 6) is -0.169. The van der Waals surface area contributed by atoms with Crippen molar-refractivity contribution in [1.29, 1.82) is 0 Å². The van der Waals surface area contributed by atoms with E-state index >= 15 is 0 Å². The number of nitrogens with zero attached hydrogens (tertiary/aromatic N) is 1. The average Bonchev–Trinajstić information content (AvgIpc) is 2.51. The van der Waals surface area contributed by atoms with Gasteiger partial charge in [-0.2, -0.15) is 0 Å². The van der Waals surface area contributed by atoms with Gasteiger partial charge >= 0.3 is 0 Å². The van der Waals surface area contributed by atoms with Crippen molar-refractivity contribution < 1.29 is 4.39 Å². The molecule has 21 heavy (non-hydrogen) atoms. The van der Waals surface area contributed by atoms with Crippen LogP contribution < -0.4 is 5.32 Å². The lowest BCUT2D eigenvalue weighted by Crippen LogP contribution is -2.36. The van der Waals surface area contributed by atoms with Crippen molar-refractivity contribution in [2.24, 2.45) is 0 Å². The molecular formula is C18H31FN2. The summed E-state index contributed by atoms with van der Waals surface area (Å²) in [6, 6.07) is 7.78. The Kier molecular flexibility index (Phi) is 8.55. The lowest BCUT2D eigenvalue weighted by Gasteiger charge is -2.30. The monoisotopic (exact) mass is 294 g/mol. The molecule has 0 bridgehead atoms. The van der Waals surface area contributed by atoms with Crippen LogP contribution in [0.4, 0.5) is 4.39 Å². The fourth-order valence-electron chi connectivity index (χ4n) is 2.64. The van der Waals surface area contributed by atoms with Crippen LogP contribution in [0, 0.1) is 5.82 Å². The molecule has 120 valence electrons. The zero-order chi connectivity index (χ0) is 15.7. The number of unbranched alkanes of at least 4 members (excludes halogenated alkanes) is 1. The summed E-state index contributed by atoms with van der Waals surface area (Å²) in [6.45, 7) is 9.05. The van der Waals surface area contributed by atoms with Gasteiger partial charge in [-0.25, -0.2) is 4.39 Å². The van der Waals surface area contributed by atoms with Gasteiger partial charge in [0, 0.05) is 18.6 Å². The van der Waals surface area contributed by atoms with Gasteiger partial charge in [-0.15, -0.1) is 0 Å². The van der Waals surface area contributed by atoms with Crippen molar-refractivity contribution in [2.75, 3.05) is 20.1 Å². The minimum Gasteiger partial charge on any atom is -0.313 e. The van der Waals surface area contributed by atoms with Crippen molar-refractivity contribution in [3.05, 3.63) is 35.6 Å². The van der Waals surface area contributed by atoms with Crippen molar-refractivity contribution >= 4 is 0 Å². The molecule has 0 radical (unpaired) electrons. The van der Waals surface area contributed by atoms with Gasteiger partial charge in [0.1, 0.15) is 5.82 Å². The van der Waals surface area contributed by atoms with Gasteiger partial charge in [0.15, 0.2) is 0 Å². The predicted molar refractivity (Wildman–Crippen MR) is 89.1 cm³/mol. The van der Waals surface area contributed by atoms with E-state index in [4.69, 9.17) is 0 Å². The van der Waals surface area contributed by atoms with Crippen molar-refractivity contribution in [3.8, 4) is 0 Å². The maximum atomic E-state index is 13.0. The Morgan fingerprint density at radius 2 is 1.81 bits per heavy atom. The van der Waals surface area contributed by atoms with Crippen LogP contribution >= 0.6 is 0 Å². The molecule has 0 amide bonds. The second-order valence-electron chi connectivity index (χ2n) is 5.83. The second-order valence-corrected chi connectivity index (χ2v) is 5.83. The van der Waals surface area contributed by atoms with Crippen molar-refractivity contribution in [1.82, 2.24) is 10.2 Å². The van der Waals surface area contributed by atoms with Crippen molar-refractivity contribution in [3.63, 3.8) is 0 Å². The Morgan fingerprint density at radius 1 is 1.14 bits per heavy atom. The van der Waals surface area contributed by atoms with Crippen LogP contribution in [-0.2, 0) is 0 Å². The minimum atomic E-state index is -0.169. The summed E-state index contributed by atoms with van der Waals surface area (Å²) < 4.78 is 13.0. The number of halogens is 1. The van der Waals surface area contributed by atoms with E-state index in [1.165, 1.54) is 31.4 Å². The fourth-order valence-corrected chi connectivity index (χ4v) is 2.64. The molecule has 0 aliphatic heterocycles. The molecule has 0 fully saturated rings. The number of hydrogen-bond acceptors (Lipinski definition) is 2. The molecule has 0 saturated carbocycles. The van der Waals surface area contributed by atoms with Crippen LogP contribution in [0.5, 0.6) is 0 Å². The predicted octanol–water partition coefficient (Wildman–Crippen LogP) is 4.38. The quantitative estimate of drug-likeness (QED) is 0.689. The van der Waals surface area contributed by atoms with E-state index in [9.17, 15) is 4.39 Å². The molecule has 2 nitrogen and oxygen atoms in total. The highest BCUT2D eigenvalue weighted by atomic mass is 19.1. The van der Waals surface area contributed by atoms with E-state index in [-0.39, 0.29) is 5.82 Å². The lowest BCUT2D eigenvalue weighted by atomic mass is 10.0. The molecular weight excluding hydrogens is 263 g/mol. The van der Waals surface area contributed by atoms with E-state index in [2.05, 4.69) is 31.0 Å². The normalized spacial score (nSPS) is 14.4. The number of benzene rings is 1. The Morgan fingerprint density at radius 3 is 2.33 bits per heavy atom. The lowest BCUT2D eigenvalue weighted by molar-refractivity contribution is 0.191. The molecule has 0 spiro atoms. The third kappa shape index (κ3) is 6.15. The zero-order valence-electron chi connectivity index (χ0n) is 14.0. The topological polar surface area (TPSA) is 15.3 Å². The molecule has 1 rings (SSSR count). The largest absolute Gasteiger partial charge is 0.313 e. The summed E-state index contributed by atoms with van der Waals surface area (Å²) in [4.78, 5) is 2.58. The third-order valence-corrected chi connectivity index (χ3v) is 4.34. The molecule has 0 aromatic heterocycles. The molecule has 2 unspecified atom stereocenters. The van der Waals surface area contributed by atoms with Crippen LogP contribution in [0.2, 0.25) is 0 Å². The Bertz CT molecular complexity index is 377.